The summed E-state index contributed by atoms with van der Waals surface area (Å²) in [5.74, 6) is 4.13. The summed E-state index contributed by atoms with van der Waals surface area (Å²) in [6, 6.07) is 0. The Bertz CT molecular complexity index is 1040. The van der Waals surface area contributed by atoms with E-state index >= 15 is 0 Å². The number of nitrogens with zero attached hydrogens (tertiary/aromatic N) is 1. The summed E-state index contributed by atoms with van der Waals surface area (Å²) < 4.78 is 5.85. The smallest absolute Gasteiger partial charge is 0.145 e. The molecule has 0 aliphatic heterocycles. The van der Waals surface area contributed by atoms with Crippen molar-refractivity contribution >= 4 is 6.29 Å². The van der Waals surface area contributed by atoms with Gasteiger partial charge in [0.1, 0.15) is 12.0 Å². The van der Waals surface area contributed by atoms with Gasteiger partial charge in [0.2, 0.25) is 0 Å². The van der Waals surface area contributed by atoms with E-state index in [0.717, 1.165) is 31.4 Å². The fourth-order valence-corrected chi connectivity index (χ4v) is 11.7. The first kappa shape index (κ1) is 23.0. The minimum atomic E-state index is -0.0950. The van der Waals surface area contributed by atoms with E-state index in [2.05, 4.69) is 53.3 Å². The molecule has 4 saturated carbocycles. The maximum atomic E-state index is 12.6. The number of fused-ring (bicyclic) bond motifs is 8. The van der Waals surface area contributed by atoms with Gasteiger partial charge in [0.05, 0.1) is 6.20 Å². The average Bonchev–Trinajstić information content (AvgIpc) is 3.39. The van der Waals surface area contributed by atoms with Gasteiger partial charge in [-0.25, -0.2) is 0 Å². The zero-order valence-electron chi connectivity index (χ0n) is 22.4. The second-order valence-corrected chi connectivity index (χ2v) is 14.6. The molecule has 0 bridgehead atoms. The van der Waals surface area contributed by atoms with E-state index in [1.165, 1.54) is 49.5 Å². The molecule has 3 heteroatoms. The second-order valence-electron chi connectivity index (χ2n) is 14.6. The van der Waals surface area contributed by atoms with Gasteiger partial charge in [0, 0.05) is 16.4 Å². The van der Waals surface area contributed by atoms with Gasteiger partial charge in [-0.05, 0) is 111 Å². The number of aldehydes is 1. The SMILES string of the molecule is C=C(C)[C@@H]1CC[C@]2(C=O)CC[C@]3(C)[C@H](CC[C@@H]4[C@@]5(C)Cc6cnoc6C(C)(C)[C@@H]5CC[C@]43C)[C@@H]12. The Morgan fingerprint density at radius 3 is 2.47 bits per heavy atom. The molecule has 1 aromatic rings. The molecule has 0 saturated heterocycles. The summed E-state index contributed by atoms with van der Waals surface area (Å²) in [5.41, 5.74) is 3.47. The molecule has 1 aromatic heterocycles. The minimum absolute atomic E-state index is 0.0354. The molecule has 34 heavy (non-hydrogen) atoms. The third-order valence-electron chi connectivity index (χ3n) is 13.3. The lowest BCUT2D eigenvalue weighted by Crippen LogP contribution is -2.66. The van der Waals surface area contributed by atoms with Crippen molar-refractivity contribution in [2.45, 2.75) is 105 Å². The van der Waals surface area contributed by atoms with Crippen LogP contribution in [-0.2, 0) is 16.6 Å². The summed E-state index contributed by atoms with van der Waals surface area (Å²) in [4.78, 5) is 12.6. The van der Waals surface area contributed by atoms with Crippen molar-refractivity contribution in [3.63, 3.8) is 0 Å². The first-order valence-electron chi connectivity index (χ1n) is 14.0. The first-order valence-corrected chi connectivity index (χ1v) is 14.0. The fourth-order valence-electron chi connectivity index (χ4n) is 11.7. The van der Waals surface area contributed by atoms with Crippen molar-refractivity contribution < 1.29 is 9.32 Å². The van der Waals surface area contributed by atoms with Gasteiger partial charge in [-0.3, -0.25) is 0 Å². The molecule has 0 amide bonds. The monoisotopic (exact) mass is 463 g/mol. The minimum Gasteiger partial charge on any atom is -0.361 e. The molecule has 5 aliphatic carbocycles. The van der Waals surface area contributed by atoms with Crippen LogP contribution in [0.1, 0.15) is 104 Å². The molecule has 0 spiro atoms. The van der Waals surface area contributed by atoms with E-state index < -0.39 is 0 Å². The number of carbonyl (C=O) groups is 1. The van der Waals surface area contributed by atoms with Crippen molar-refractivity contribution in [3.8, 4) is 0 Å². The second kappa shape index (κ2) is 6.88. The van der Waals surface area contributed by atoms with E-state index in [0.29, 0.717) is 35.0 Å². The lowest BCUT2D eigenvalue weighted by Gasteiger charge is -2.72. The van der Waals surface area contributed by atoms with Crippen LogP contribution in [0.4, 0.5) is 0 Å². The Morgan fingerprint density at radius 1 is 1.00 bits per heavy atom. The normalized spacial score (nSPS) is 50.8. The highest BCUT2D eigenvalue weighted by Crippen LogP contribution is 2.77. The van der Waals surface area contributed by atoms with Gasteiger partial charge in [-0.15, -0.1) is 0 Å². The van der Waals surface area contributed by atoms with Crippen LogP contribution in [-0.4, -0.2) is 11.4 Å². The highest BCUT2D eigenvalue weighted by atomic mass is 16.5. The summed E-state index contributed by atoms with van der Waals surface area (Å²) in [7, 11) is 0. The van der Waals surface area contributed by atoms with Gasteiger partial charge < -0.3 is 9.32 Å². The number of allylic oxidation sites excluding steroid dienone is 1. The van der Waals surface area contributed by atoms with Crippen molar-refractivity contribution in [2.24, 2.45) is 51.2 Å². The van der Waals surface area contributed by atoms with Gasteiger partial charge in [0.25, 0.3) is 0 Å². The Kier molecular flexibility index (Phi) is 4.67. The molecule has 9 atom stereocenters. The van der Waals surface area contributed by atoms with E-state index in [1.807, 2.05) is 6.20 Å². The lowest BCUT2D eigenvalue weighted by atomic mass is 9.32. The molecule has 0 aromatic carbocycles. The van der Waals surface area contributed by atoms with Crippen LogP contribution in [0.2, 0.25) is 0 Å². The largest absolute Gasteiger partial charge is 0.361 e. The number of hydrogen-bond donors (Lipinski definition) is 0. The number of carbonyl (C=O) groups excluding carboxylic acids is 1. The maximum Gasteiger partial charge on any atom is 0.145 e. The molecule has 4 fully saturated rings. The third kappa shape index (κ3) is 2.50. The van der Waals surface area contributed by atoms with Gasteiger partial charge >= 0.3 is 0 Å². The van der Waals surface area contributed by atoms with Crippen LogP contribution < -0.4 is 0 Å². The van der Waals surface area contributed by atoms with Crippen LogP contribution in [0.3, 0.4) is 0 Å². The van der Waals surface area contributed by atoms with Crippen molar-refractivity contribution in [2.75, 3.05) is 0 Å². The zero-order valence-corrected chi connectivity index (χ0v) is 22.4. The summed E-state index contributed by atoms with van der Waals surface area (Å²) in [5, 5.41) is 4.25. The molecule has 0 unspecified atom stereocenters. The van der Waals surface area contributed by atoms with Crippen LogP contribution >= 0.6 is 0 Å². The van der Waals surface area contributed by atoms with Crippen LogP contribution in [0.25, 0.3) is 0 Å². The highest BCUT2D eigenvalue weighted by Gasteiger charge is 2.71. The molecular weight excluding hydrogens is 418 g/mol. The van der Waals surface area contributed by atoms with Crippen molar-refractivity contribution in [1.82, 2.24) is 5.16 Å². The molecule has 1 heterocycles. The van der Waals surface area contributed by atoms with Gasteiger partial charge in [-0.1, -0.05) is 51.9 Å². The summed E-state index contributed by atoms with van der Waals surface area (Å²) in [6.45, 7) is 19.4. The van der Waals surface area contributed by atoms with E-state index in [1.54, 1.807) is 0 Å². The quantitative estimate of drug-likeness (QED) is 0.336. The topological polar surface area (TPSA) is 43.1 Å². The van der Waals surface area contributed by atoms with Gasteiger partial charge in [0.15, 0.2) is 0 Å². The molecule has 186 valence electrons. The first-order chi connectivity index (χ1) is 15.9. The number of rotatable bonds is 2. The molecule has 5 aliphatic rings. The summed E-state index contributed by atoms with van der Waals surface area (Å²) >= 11 is 0. The van der Waals surface area contributed by atoms with Crippen molar-refractivity contribution in [3.05, 3.63) is 29.7 Å². The Labute approximate surface area is 206 Å². The fraction of sp³-hybridized carbons (Fsp3) is 0.806. The third-order valence-corrected chi connectivity index (χ3v) is 13.3. The predicted octanol–water partition coefficient (Wildman–Crippen LogP) is 7.54. The van der Waals surface area contributed by atoms with E-state index in [9.17, 15) is 4.79 Å². The highest BCUT2D eigenvalue weighted by molar-refractivity contribution is 5.62. The van der Waals surface area contributed by atoms with Crippen LogP contribution in [0.5, 0.6) is 0 Å². The molecule has 3 nitrogen and oxygen atoms in total. The lowest BCUT2D eigenvalue weighted by molar-refractivity contribution is -0.223. The molecule has 0 radical (unpaired) electrons. The number of hydrogen-bond acceptors (Lipinski definition) is 3. The average molecular weight is 464 g/mol. The van der Waals surface area contributed by atoms with Gasteiger partial charge in [-0.2, -0.15) is 0 Å². The molecular formula is C31H45NO2. The van der Waals surface area contributed by atoms with E-state index in [-0.39, 0.29) is 21.7 Å². The molecule has 6 rings (SSSR count). The maximum absolute atomic E-state index is 12.6. The molecule has 0 N–H and O–H groups in total. The predicted molar refractivity (Wildman–Crippen MR) is 135 cm³/mol. The van der Waals surface area contributed by atoms with Crippen LogP contribution in [0, 0.1) is 51.2 Å². The Hall–Kier alpha value is -1.38. The zero-order chi connectivity index (χ0) is 24.3. The van der Waals surface area contributed by atoms with Crippen LogP contribution in [0.15, 0.2) is 22.9 Å². The Balaban J connectivity index is 1.43. The number of aromatic nitrogens is 1. The summed E-state index contributed by atoms with van der Waals surface area (Å²) in [6.07, 6.45) is 14.2. The van der Waals surface area contributed by atoms with Crippen molar-refractivity contribution in [1.29, 1.82) is 0 Å². The Morgan fingerprint density at radius 2 is 1.76 bits per heavy atom. The standard InChI is InChI=1S/C31H45NO2/c1-19(2)21-10-13-31(18-33)15-14-29(6)22(25(21)31)8-9-24-28(5)16-20-17-32-34-26(20)27(3,4)23(28)11-12-30(24,29)7/h17-18,21-25H,1,8-16H2,2-7H3/t21-,22+,23-,24+,25+,28-,29+,30+,31+/m0/s1. The van der Waals surface area contributed by atoms with E-state index in [4.69, 9.17) is 4.52 Å².